The number of nitrogens with zero attached hydrogens (tertiary/aromatic N) is 4. The number of hydrogen-bond donors (Lipinski definition) is 0. The second-order valence-electron chi connectivity index (χ2n) is 4.94. The van der Waals surface area contributed by atoms with Crippen molar-refractivity contribution in [1.29, 1.82) is 0 Å². The molecule has 0 amide bonds. The molecule has 5 nitrogen and oxygen atoms in total. The summed E-state index contributed by atoms with van der Waals surface area (Å²) in [5.74, 6) is 2.10. The van der Waals surface area contributed by atoms with Crippen molar-refractivity contribution < 1.29 is 4.74 Å². The standard InChI is InChI=1S/C14H20N4O/c1-3-4-18-11(2)16-12-10-15-14(9-13(12)18)17-5-7-19-8-6-17/h9-10H,3-8H2,1-2H3. The van der Waals surface area contributed by atoms with Crippen molar-refractivity contribution in [2.75, 3.05) is 31.2 Å². The van der Waals surface area contributed by atoms with E-state index in [2.05, 4.69) is 39.3 Å². The number of rotatable bonds is 3. The average molecular weight is 260 g/mol. The van der Waals surface area contributed by atoms with Crippen molar-refractivity contribution in [3.05, 3.63) is 18.1 Å². The lowest BCUT2D eigenvalue weighted by Gasteiger charge is -2.27. The first-order chi connectivity index (χ1) is 9.29. The quantitative estimate of drug-likeness (QED) is 0.846. The molecule has 3 heterocycles. The molecule has 0 aromatic carbocycles. The van der Waals surface area contributed by atoms with E-state index in [9.17, 15) is 0 Å². The Morgan fingerprint density at radius 3 is 2.84 bits per heavy atom. The Balaban J connectivity index is 2.00. The van der Waals surface area contributed by atoms with Gasteiger partial charge in [-0.05, 0) is 13.3 Å². The van der Waals surface area contributed by atoms with Gasteiger partial charge < -0.3 is 14.2 Å². The van der Waals surface area contributed by atoms with Gasteiger partial charge in [0.2, 0.25) is 0 Å². The normalized spacial score (nSPS) is 16.2. The van der Waals surface area contributed by atoms with E-state index < -0.39 is 0 Å². The van der Waals surface area contributed by atoms with E-state index in [-0.39, 0.29) is 0 Å². The van der Waals surface area contributed by atoms with E-state index in [1.807, 2.05) is 6.20 Å². The van der Waals surface area contributed by atoms with Crippen LogP contribution < -0.4 is 4.90 Å². The Labute approximate surface area is 113 Å². The van der Waals surface area contributed by atoms with E-state index in [0.29, 0.717) is 0 Å². The van der Waals surface area contributed by atoms with Crippen LogP contribution in [-0.4, -0.2) is 40.8 Å². The van der Waals surface area contributed by atoms with Crippen molar-refractivity contribution in [2.24, 2.45) is 0 Å². The van der Waals surface area contributed by atoms with E-state index in [1.165, 1.54) is 5.52 Å². The molecule has 0 radical (unpaired) electrons. The zero-order valence-electron chi connectivity index (χ0n) is 11.6. The van der Waals surface area contributed by atoms with Crippen molar-refractivity contribution in [3.63, 3.8) is 0 Å². The van der Waals surface area contributed by atoms with Crippen LogP contribution in [0.2, 0.25) is 0 Å². The molecule has 102 valence electrons. The SMILES string of the molecule is CCCn1c(C)nc2cnc(N3CCOCC3)cc21. The molecule has 1 saturated heterocycles. The van der Waals surface area contributed by atoms with Crippen LogP contribution >= 0.6 is 0 Å². The lowest BCUT2D eigenvalue weighted by molar-refractivity contribution is 0.122. The van der Waals surface area contributed by atoms with Crippen LogP contribution in [0.3, 0.4) is 0 Å². The predicted molar refractivity (Wildman–Crippen MR) is 75.6 cm³/mol. The van der Waals surface area contributed by atoms with Gasteiger partial charge in [0.15, 0.2) is 0 Å². The van der Waals surface area contributed by atoms with E-state index >= 15 is 0 Å². The molecule has 0 atom stereocenters. The molecule has 2 aromatic heterocycles. The molecule has 1 fully saturated rings. The summed E-state index contributed by atoms with van der Waals surface area (Å²) >= 11 is 0. The van der Waals surface area contributed by atoms with Crippen molar-refractivity contribution >= 4 is 16.9 Å². The maximum Gasteiger partial charge on any atom is 0.130 e. The first-order valence-corrected chi connectivity index (χ1v) is 6.95. The van der Waals surface area contributed by atoms with Gasteiger partial charge in [0, 0.05) is 25.7 Å². The molecule has 1 aliphatic heterocycles. The highest BCUT2D eigenvalue weighted by atomic mass is 16.5. The summed E-state index contributed by atoms with van der Waals surface area (Å²) in [5.41, 5.74) is 2.18. The molecule has 1 aliphatic rings. The number of aromatic nitrogens is 3. The molecular weight excluding hydrogens is 240 g/mol. The number of aryl methyl sites for hydroxylation is 2. The van der Waals surface area contributed by atoms with Crippen molar-refractivity contribution in [2.45, 2.75) is 26.8 Å². The molecular formula is C14H20N4O. The highest BCUT2D eigenvalue weighted by molar-refractivity contribution is 5.78. The van der Waals surface area contributed by atoms with Gasteiger partial charge in [-0.2, -0.15) is 0 Å². The van der Waals surface area contributed by atoms with Crippen LogP contribution in [0.4, 0.5) is 5.82 Å². The second kappa shape index (κ2) is 5.17. The fourth-order valence-electron chi connectivity index (χ4n) is 2.61. The van der Waals surface area contributed by atoms with Gasteiger partial charge in [-0.1, -0.05) is 6.92 Å². The summed E-state index contributed by atoms with van der Waals surface area (Å²) < 4.78 is 7.67. The average Bonchev–Trinajstić information content (AvgIpc) is 2.76. The Hall–Kier alpha value is -1.62. The minimum Gasteiger partial charge on any atom is -0.378 e. The van der Waals surface area contributed by atoms with Gasteiger partial charge in [-0.25, -0.2) is 9.97 Å². The second-order valence-corrected chi connectivity index (χ2v) is 4.94. The summed E-state index contributed by atoms with van der Waals surface area (Å²) in [6.07, 6.45) is 3.00. The maximum atomic E-state index is 5.39. The Kier molecular flexibility index (Phi) is 3.38. The third kappa shape index (κ3) is 2.30. The molecule has 2 aromatic rings. The number of hydrogen-bond acceptors (Lipinski definition) is 4. The topological polar surface area (TPSA) is 43.2 Å². The molecule has 0 saturated carbocycles. The minimum atomic E-state index is 0.785. The molecule has 5 heteroatoms. The van der Waals surface area contributed by atoms with Gasteiger partial charge >= 0.3 is 0 Å². The number of morpholine rings is 1. The molecule has 0 bridgehead atoms. The van der Waals surface area contributed by atoms with Gasteiger partial charge in [-0.3, -0.25) is 0 Å². The maximum absolute atomic E-state index is 5.39. The van der Waals surface area contributed by atoms with E-state index in [1.54, 1.807) is 0 Å². The fourth-order valence-corrected chi connectivity index (χ4v) is 2.61. The van der Waals surface area contributed by atoms with Gasteiger partial charge in [-0.15, -0.1) is 0 Å². The lowest BCUT2D eigenvalue weighted by atomic mass is 10.3. The summed E-state index contributed by atoms with van der Waals surface area (Å²) in [4.78, 5) is 11.4. The smallest absolute Gasteiger partial charge is 0.130 e. The third-order valence-corrected chi connectivity index (χ3v) is 3.59. The first kappa shape index (κ1) is 12.4. The Morgan fingerprint density at radius 1 is 1.32 bits per heavy atom. The number of imidazole rings is 1. The number of pyridine rings is 1. The van der Waals surface area contributed by atoms with Crippen LogP contribution in [0.25, 0.3) is 11.0 Å². The minimum absolute atomic E-state index is 0.785. The molecule has 0 spiro atoms. The van der Waals surface area contributed by atoms with Crippen LogP contribution in [0.5, 0.6) is 0 Å². The highest BCUT2D eigenvalue weighted by Crippen LogP contribution is 2.21. The molecule has 0 N–H and O–H groups in total. The van der Waals surface area contributed by atoms with Gasteiger partial charge in [0.25, 0.3) is 0 Å². The van der Waals surface area contributed by atoms with E-state index in [0.717, 1.165) is 56.4 Å². The fraction of sp³-hybridized carbons (Fsp3) is 0.571. The molecule has 0 aliphatic carbocycles. The largest absolute Gasteiger partial charge is 0.378 e. The van der Waals surface area contributed by atoms with Crippen LogP contribution in [0.15, 0.2) is 12.3 Å². The Morgan fingerprint density at radius 2 is 2.11 bits per heavy atom. The number of anilines is 1. The highest BCUT2D eigenvalue weighted by Gasteiger charge is 2.15. The number of fused-ring (bicyclic) bond motifs is 1. The van der Waals surface area contributed by atoms with Crippen LogP contribution in [0, 0.1) is 6.92 Å². The van der Waals surface area contributed by atoms with Crippen molar-refractivity contribution in [1.82, 2.24) is 14.5 Å². The summed E-state index contributed by atoms with van der Waals surface area (Å²) in [7, 11) is 0. The summed E-state index contributed by atoms with van der Waals surface area (Å²) in [5, 5.41) is 0. The van der Waals surface area contributed by atoms with Crippen LogP contribution in [0.1, 0.15) is 19.2 Å². The monoisotopic (exact) mass is 260 g/mol. The van der Waals surface area contributed by atoms with E-state index in [4.69, 9.17) is 4.74 Å². The van der Waals surface area contributed by atoms with Crippen molar-refractivity contribution in [3.8, 4) is 0 Å². The summed E-state index contributed by atoms with van der Waals surface area (Å²) in [6, 6.07) is 2.16. The lowest BCUT2D eigenvalue weighted by Crippen LogP contribution is -2.36. The van der Waals surface area contributed by atoms with Crippen LogP contribution in [-0.2, 0) is 11.3 Å². The van der Waals surface area contributed by atoms with Gasteiger partial charge in [0.05, 0.1) is 24.9 Å². The summed E-state index contributed by atoms with van der Waals surface area (Å²) in [6.45, 7) is 8.66. The first-order valence-electron chi connectivity index (χ1n) is 6.95. The zero-order valence-corrected chi connectivity index (χ0v) is 11.6. The molecule has 19 heavy (non-hydrogen) atoms. The van der Waals surface area contributed by atoms with Gasteiger partial charge in [0.1, 0.15) is 17.2 Å². The Bertz CT molecular complexity index is 572. The molecule has 0 unspecified atom stereocenters. The molecule has 3 rings (SSSR count). The number of ether oxygens (including phenoxy) is 1. The zero-order chi connectivity index (χ0) is 13.2. The third-order valence-electron chi connectivity index (χ3n) is 3.59. The predicted octanol–water partition coefficient (Wildman–Crippen LogP) is 1.99.